The summed E-state index contributed by atoms with van der Waals surface area (Å²) in [6, 6.07) is 8.29. The van der Waals surface area contributed by atoms with Crippen molar-refractivity contribution in [2.24, 2.45) is 7.05 Å². The molecule has 0 aliphatic carbocycles. The van der Waals surface area contributed by atoms with Gasteiger partial charge in [0, 0.05) is 32.5 Å². The average molecular weight is 338 g/mol. The van der Waals surface area contributed by atoms with Crippen LogP contribution in [0.3, 0.4) is 0 Å². The standard InChI is InChI=1S/C20H26N4O/c1-22-10-4-7-19(22)20(25)24-13-5-6-18(24)16-8-9-21-17(14-16)15-23-11-2-3-12-23/h4,7-10,14,18H,2-3,5-6,11-13,15H2,1H3/t18-/m1/s1. The van der Waals surface area contributed by atoms with Crippen molar-refractivity contribution >= 4 is 5.91 Å². The molecule has 132 valence electrons. The van der Waals surface area contributed by atoms with E-state index < -0.39 is 0 Å². The van der Waals surface area contributed by atoms with Crippen molar-refractivity contribution in [1.82, 2.24) is 19.4 Å². The molecule has 5 nitrogen and oxygen atoms in total. The first-order valence-corrected chi connectivity index (χ1v) is 9.32. The second-order valence-corrected chi connectivity index (χ2v) is 7.22. The number of carbonyl (C=O) groups is 1. The highest BCUT2D eigenvalue weighted by molar-refractivity contribution is 5.93. The van der Waals surface area contributed by atoms with Crippen LogP contribution in [0.25, 0.3) is 0 Å². The van der Waals surface area contributed by atoms with Gasteiger partial charge in [0.1, 0.15) is 5.69 Å². The van der Waals surface area contributed by atoms with E-state index in [4.69, 9.17) is 0 Å². The molecular weight excluding hydrogens is 312 g/mol. The Morgan fingerprint density at radius 2 is 2.04 bits per heavy atom. The lowest BCUT2D eigenvalue weighted by Crippen LogP contribution is -2.32. The van der Waals surface area contributed by atoms with Crippen molar-refractivity contribution in [1.29, 1.82) is 0 Å². The van der Waals surface area contributed by atoms with Crippen molar-refractivity contribution < 1.29 is 4.79 Å². The number of pyridine rings is 1. The van der Waals surface area contributed by atoms with Gasteiger partial charge < -0.3 is 9.47 Å². The Balaban J connectivity index is 1.53. The third-order valence-electron chi connectivity index (χ3n) is 5.49. The topological polar surface area (TPSA) is 41.4 Å². The highest BCUT2D eigenvalue weighted by Crippen LogP contribution is 2.33. The summed E-state index contributed by atoms with van der Waals surface area (Å²) in [5.41, 5.74) is 3.11. The predicted octanol–water partition coefficient (Wildman–Crippen LogP) is 2.99. The Bertz CT molecular complexity index is 748. The zero-order valence-corrected chi connectivity index (χ0v) is 14.9. The number of carbonyl (C=O) groups excluding carboxylic acids is 1. The van der Waals surface area contributed by atoms with Crippen molar-refractivity contribution in [3.63, 3.8) is 0 Å². The molecule has 0 radical (unpaired) electrons. The Kier molecular flexibility index (Phi) is 4.57. The van der Waals surface area contributed by atoms with E-state index in [1.54, 1.807) is 0 Å². The summed E-state index contributed by atoms with van der Waals surface area (Å²) in [5.74, 6) is 0.132. The van der Waals surface area contributed by atoms with Crippen LogP contribution in [0.2, 0.25) is 0 Å². The number of nitrogens with zero attached hydrogens (tertiary/aromatic N) is 4. The van der Waals surface area contributed by atoms with E-state index in [2.05, 4.69) is 22.0 Å². The number of hydrogen-bond donors (Lipinski definition) is 0. The molecule has 5 heteroatoms. The predicted molar refractivity (Wildman–Crippen MR) is 97.2 cm³/mol. The van der Waals surface area contributed by atoms with Crippen molar-refractivity contribution in [3.05, 3.63) is 53.6 Å². The summed E-state index contributed by atoms with van der Waals surface area (Å²) in [4.78, 5) is 22.0. The van der Waals surface area contributed by atoms with Crippen LogP contribution in [0.4, 0.5) is 0 Å². The minimum absolute atomic E-state index is 0.132. The van der Waals surface area contributed by atoms with Crippen LogP contribution in [-0.2, 0) is 13.6 Å². The number of aryl methyl sites for hydroxylation is 1. The molecule has 2 aliphatic rings. The fourth-order valence-electron chi connectivity index (χ4n) is 4.15. The molecule has 4 rings (SSSR count). The third kappa shape index (κ3) is 3.33. The van der Waals surface area contributed by atoms with Crippen LogP contribution in [0.1, 0.15) is 53.5 Å². The van der Waals surface area contributed by atoms with Crippen LogP contribution in [0, 0.1) is 0 Å². The molecule has 0 N–H and O–H groups in total. The Morgan fingerprint density at radius 1 is 1.20 bits per heavy atom. The van der Waals surface area contributed by atoms with E-state index in [-0.39, 0.29) is 11.9 Å². The molecule has 1 atom stereocenters. The molecule has 2 aliphatic heterocycles. The van der Waals surface area contributed by atoms with Crippen molar-refractivity contribution in [3.8, 4) is 0 Å². The van der Waals surface area contributed by atoms with Gasteiger partial charge in [0.2, 0.25) is 0 Å². The molecule has 0 aromatic carbocycles. The minimum atomic E-state index is 0.132. The quantitative estimate of drug-likeness (QED) is 0.860. The van der Waals surface area contributed by atoms with E-state index in [0.717, 1.165) is 37.3 Å². The normalized spacial score (nSPS) is 21.2. The Morgan fingerprint density at radius 3 is 2.80 bits per heavy atom. The van der Waals surface area contributed by atoms with E-state index in [1.807, 2.05) is 41.0 Å². The molecule has 0 saturated carbocycles. The maximum atomic E-state index is 13.0. The molecule has 1 amide bonds. The van der Waals surface area contributed by atoms with Gasteiger partial charge in [-0.1, -0.05) is 0 Å². The van der Waals surface area contributed by atoms with Gasteiger partial charge in [0.15, 0.2) is 0 Å². The van der Waals surface area contributed by atoms with Crippen LogP contribution < -0.4 is 0 Å². The zero-order chi connectivity index (χ0) is 17.2. The lowest BCUT2D eigenvalue weighted by atomic mass is 10.0. The van der Waals surface area contributed by atoms with E-state index >= 15 is 0 Å². The van der Waals surface area contributed by atoms with Crippen LogP contribution in [0.5, 0.6) is 0 Å². The Labute approximate surface area is 149 Å². The summed E-state index contributed by atoms with van der Waals surface area (Å²) in [5, 5.41) is 0. The first-order valence-electron chi connectivity index (χ1n) is 9.32. The summed E-state index contributed by atoms with van der Waals surface area (Å²) in [6.45, 7) is 4.10. The van der Waals surface area contributed by atoms with Crippen LogP contribution in [-0.4, -0.2) is 44.9 Å². The van der Waals surface area contributed by atoms with Gasteiger partial charge in [-0.3, -0.25) is 14.7 Å². The van der Waals surface area contributed by atoms with Gasteiger partial charge in [-0.05, 0) is 68.6 Å². The monoisotopic (exact) mass is 338 g/mol. The molecule has 0 unspecified atom stereocenters. The highest BCUT2D eigenvalue weighted by Gasteiger charge is 2.31. The maximum Gasteiger partial charge on any atom is 0.270 e. The van der Waals surface area contributed by atoms with Crippen LogP contribution >= 0.6 is 0 Å². The fraction of sp³-hybridized carbons (Fsp3) is 0.500. The summed E-state index contributed by atoms with van der Waals surface area (Å²) in [6.07, 6.45) is 8.51. The average Bonchev–Trinajstić information content (AvgIpc) is 3.36. The van der Waals surface area contributed by atoms with Gasteiger partial charge in [-0.2, -0.15) is 0 Å². The first-order chi connectivity index (χ1) is 12.2. The minimum Gasteiger partial charge on any atom is -0.347 e. The number of aromatic nitrogens is 2. The van der Waals surface area contributed by atoms with Crippen LogP contribution in [0.15, 0.2) is 36.7 Å². The maximum absolute atomic E-state index is 13.0. The summed E-state index contributed by atoms with van der Waals surface area (Å²) in [7, 11) is 1.93. The molecule has 2 fully saturated rings. The first kappa shape index (κ1) is 16.3. The summed E-state index contributed by atoms with van der Waals surface area (Å²) < 4.78 is 1.91. The lowest BCUT2D eigenvalue weighted by molar-refractivity contribution is 0.0726. The van der Waals surface area contributed by atoms with Gasteiger partial charge in [0.05, 0.1) is 11.7 Å². The third-order valence-corrected chi connectivity index (χ3v) is 5.49. The van der Waals surface area contributed by atoms with Crippen molar-refractivity contribution in [2.75, 3.05) is 19.6 Å². The SMILES string of the molecule is Cn1cccc1C(=O)N1CCC[C@@H]1c1ccnc(CN2CCCC2)c1. The fourth-order valence-corrected chi connectivity index (χ4v) is 4.15. The molecular formula is C20H26N4O. The van der Waals surface area contributed by atoms with Crippen molar-refractivity contribution in [2.45, 2.75) is 38.3 Å². The second kappa shape index (κ2) is 7.00. The van der Waals surface area contributed by atoms with Gasteiger partial charge in [-0.15, -0.1) is 0 Å². The second-order valence-electron chi connectivity index (χ2n) is 7.22. The molecule has 0 spiro atoms. The Hall–Kier alpha value is -2.14. The van der Waals surface area contributed by atoms with E-state index in [9.17, 15) is 4.79 Å². The van der Waals surface area contributed by atoms with E-state index in [0.29, 0.717) is 0 Å². The largest absolute Gasteiger partial charge is 0.347 e. The number of rotatable bonds is 4. The summed E-state index contributed by atoms with van der Waals surface area (Å²) >= 11 is 0. The van der Waals surface area contributed by atoms with E-state index in [1.165, 1.54) is 31.5 Å². The lowest BCUT2D eigenvalue weighted by Gasteiger charge is -2.26. The molecule has 4 heterocycles. The number of amides is 1. The molecule has 2 aromatic rings. The molecule has 0 bridgehead atoms. The smallest absolute Gasteiger partial charge is 0.270 e. The molecule has 2 aromatic heterocycles. The number of hydrogen-bond acceptors (Lipinski definition) is 3. The van der Waals surface area contributed by atoms with Gasteiger partial charge in [-0.25, -0.2) is 0 Å². The highest BCUT2D eigenvalue weighted by atomic mass is 16.2. The number of likely N-dealkylation sites (tertiary alicyclic amines) is 2. The van der Waals surface area contributed by atoms with Gasteiger partial charge in [0.25, 0.3) is 5.91 Å². The molecule has 25 heavy (non-hydrogen) atoms. The zero-order valence-electron chi connectivity index (χ0n) is 14.9. The molecule has 2 saturated heterocycles. The van der Waals surface area contributed by atoms with Gasteiger partial charge >= 0.3 is 0 Å².